The Morgan fingerprint density at radius 3 is 2.58 bits per heavy atom. The van der Waals surface area contributed by atoms with Crippen LogP contribution in [0.1, 0.15) is 38.2 Å². The topological polar surface area (TPSA) is 72.2 Å². The van der Waals surface area contributed by atoms with Gasteiger partial charge in [-0.25, -0.2) is 17.5 Å². The zero-order valence-corrected chi connectivity index (χ0v) is 11.8. The molecule has 0 heterocycles. The molecule has 0 aliphatic heterocycles. The van der Waals surface area contributed by atoms with Crippen molar-refractivity contribution in [3.05, 3.63) is 29.6 Å². The van der Waals surface area contributed by atoms with Gasteiger partial charge in [0, 0.05) is 12.1 Å². The summed E-state index contributed by atoms with van der Waals surface area (Å²) in [5, 5.41) is 0. The van der Waals surface area contributed by atoms with E-state index < -0.39 is 21.4 Å². The molecule has 1 fully saturated rings. The third kappa shape index (κ3) is 3.13. The van der Waals surface area contributed by atoms with Crippen LogP contribution in [0, 0.1) is 5.82 Å². The highest BCUT2D eigenvalue weighted by atomic mass is 32.2. The van der Waals surface area contributed by atoms with Crippen LogP contribution in [0.25, 0.3) is 0 Å². The summed E-state index contributed by atoms with van der Waals surface area (Å²) < 4.78 is 40.8. The highest BCUT2D eigenvalue weighted by molar-refractivity contribution is 7.89. The summed E-state index contributed by atoms with van der Waals surface area (Å²) in [5.74, 6) is -0.575. The minimum Gasteiger partial charge on any atom is -0.326 e. The number of hydrogen-bond donors (Lipinski definition) is 2. The largest absolute Gasteiger partial charge is 0.326 e. The molecule has 1 saturated carbocycles. The molecule has 3 N–H and O–H groups in total. The Hall–Kier alpha value is -0.980. The Morgan fingerprint density at radius 2 is 2.00 bits per heavy atom. The summed E-state index contributed by atoms with van der Waals surface area (Å²) in [6.45, 7) is 1.95. The SMILES string of the molecule is CC1(NS(=O)(=O)c2cc(F)ccc2CN)CCCC1. The molecule has 19 heavy (non-hydrogen) atoms. The summed E-state index contributed by atoms with van der Waals surface area (Å²) in [5.41, 5.74) is 5.52. The first-order valence-corrected chi connectivity index (χ1v) is 7.87. The van der Waals surface area contributed by atoms with Crippen molar-refractivity contribution in [2.75, 3.05) is 0 Å². The molecule has 1 aliphatic rings. The second-order valence-electron chi connectivity index (χ2n) is 5.33. The normalized spacial score (nSPS) is 18.7. The molecule has 1 aromatic carbocycles. The standard InChI is InChI=1S/C13H19FN2O2S/c1-13(6-2-3-7-13)16-19(17,18)12-8-11(14)5-4-10(12)9-15/h4-5,8,16H,2-3,6-7,9,15H2,1H3. The summed E-state index contributed by atoms with van der Waals surface area (Å²) in [6, 6.07) is 3.67. The molecule has 0 unspecified atom stereocenters. The molecule has 0 spiro atoms. The number of rotatable bonds is 4. The lowest BCUT2D eigenvalue weighted by Crippen LogP contribution is -2.43. The predicted octanol–water partition coefficient (Wildman–Crippen LogP) is 1.90. The van der Waals surface area contributed by atoms with E-state index in [-0.39, 0.29) is 11.4 Å². The monoisotopic (exact) mass is 286 g/mol. The Kier molecular flexibility index (Phi) is 3.94. The van der Waals surface area contributed by atoms with Crippen LogP contribution in [0.15, 0.2) is 23.1 Å². The lowest BCUT2D eigenvalue weighted by molar-refractivity contribution is 0.427. The highest BCUT2D eigenvalue weighted by Gasteiger charge is 2.34. The zero-order chi connectivity index (χ0) is 14.1. The third-order valence-electron chi connectivity index (χ3n) is 3.63. The number of halogens is 1. The van der Waals surface area contributed by atoms with Gasteiger partial charge in [0.15, 0.2) is 0 Å². The molecule has 0 radical (unpaired) electrons. The Labute approximate surface area is 113 Å². The summed E-state index contributed by atoms with van der Waals surface area (Å²) in [7, 11) is -3.74. The fourth-order valence-electron chi connectivity index (χ4n) is 2.58. The van der Waals surface area contributed by atoms with Crippen molar-refractivity contribution in [3.63, 3.8) is 0 Å². The van der Waals surface area contributed by atoms with Crippen LogP contribution in [0.3, 0.4) is 0 Å². The molecule has 0 saturated heterocycles. The molecule has 0 atom stereocenters. The van der Waals surface area contributed by atoms with Crippen LogP contribution in [-0.2, 0) is 16.6 Å². The van der Waals surface area contributed by atoms with Gasteiger partial charge in [-0.15, -0.1) is 0 Å². The fraction of sp³-hybridized carbons (Fsp3) is 0.538. The minimum atomic E-state index is -3.74. The Bertz CT molecular complexity index is 566. The highest BCUT2D eigenvalue weighted by Crippen LogP contribution is 2.31. The molecular formula is C13H19FN2O2S. The van der Waals surface area contributed by atoms with Gasteiger partial charge < -0.3 is 5.73 Å². The van der Waals surface area contributed by atoms with Crippen molar-refractivity contribution in [1.29, 1.82) is 0 Å². The Balaban J connectivity index is 2.36. The van der Waals surface area contributed by atoms with Crippen LogP contribution in [0.2, 0.25) is 0 Å². The number of nitrogens with one attached hydrogen (secondary N) is 1. The van der Waals surface area contributed by atoms with Crippen molar-refractivity contribution >= 4 is 10.0 Å². The van der Waals surface area contributed by atoms with E-state index in [0.717, 1.165) is 31.7 Å². The van der Waals surface area contributed by atoms with Crippen molar-refractivity contribution in [2.24, 2.45) is 5.73 Å². The smallest absolute Gasteiger partial charge is 0.241 e. The van der Waals surface area contributed by atoms with Gasteiger partial charge in [0.2, 0.25) is 10.0 Å². The Morgan fingerprint density at radius 1 is 1.37 bits per heavy atom. The van der Waals surface area contributed by atoms with Gasteiger partial charge in [-0.3, -0.25) is 0 Å². The number of nitrogens with two attached hydrogens (primary N) is 1. The molecule has 4 nitrogen and oxygen atoms in total. The maximum Gasteiger partial charge on any atom is 0.241 e. The second kappa shape index (κ2) is 5.19. The van der Waals surface area contributed by atoms with Gasteiger partial charge in [-0.1, -0.05) is 18.9 Å². The van der Waals surface area contributed by atoms with Crippen LogP contribution in [0.5, 0.6) is 0 Å². The lowest BCUT2D eigenvalue weighted by Gasteiger charge is -2.25. The van der Waals surface area contributed by atoms with E-state index in [1.165, 1.54) is 12.1 Å². The van der Waals surface area contributed by atoms with E-state index in [0.29, 0.717) is 5.56 Å². The number of hydrogen-bond acceptors (Lipinski definition) is 3. The van der Waals surface area contributed by atoms with E-state index in [1.54, 1.807) is 0 Å². The van der Waals surface area contributed by atoms with Gasteiger partial charge in [0.05, 0.1) is 4.90 Å². The third-order valence-corrected chi connectivity index (χ3v) is 5.35. The molecular weight excluding hydrogens is 267 g/mol. The first-order valence-electron chi connectivity index (χ1n) is 6.39. The van der Waals surface area contributed by atoms with Crippen molar-refractivity contribution < 1.29 is 12.8 Å². The van der Waals surface area contributed by atoms with Crippen molar-refractivity contribution in [2.45, 2.75) is 49.6 Å². The summed E-state index contributed by atoms with van der Waals surface area (Å²) in [6.07, 6.45) is 3.62. The van der Waals surface area contributed by atoms with Crippen LogP contribution < -0.4 is 10.5 Å². The van der Waals surface area contributed by atoms with E-state index in [4.69, 9.17) is 5.73 Å². The van der Waals surface area contributed by atoms with Gasteiger partial charge in [0.1, 0.15) is 5.82 Å². The van der Waals surface area contributed by atoms with Gasteiger partial charge in [0.25, 0.3) is 0 Å². The van der Waals surface area contributed by atoms with Crippen LogP contribution in [-0.4, -0.2) is 14.0 Å². The first-order chi connectivity index (χ1) is 8.86. The number of sulfonamides is 1. The predicted molar refractivity (Wildman–Crippen MR) is 71.5 cm³/mol. The second-order valence-corrected chi connectivity index (χ2v) is 6.98. The number of benzene rings is 1. The minimum absolute atomic E-state index is 0.0527. The molecule has 6 heteroatoms. The quantitative estimate of drug-likeness (QED) is 0.888. The summed E-state index contributed by atoms with van der Waals surface area (Å²) >= 11 is 0. The molecule has 2 rings (SSSR count). The maximum absolute atomic E-state index is 13.3. The van der Waals surface area contributed by atoms with Gasteiger partial charge in [-0.2, -0.15) is 0 Å². The fourth-order valence-corrected chi connectivity index (χ4v) is 4.31. The molecule has 106 valence electrons. The molecule has 0 bridgehead atoms. The van der Waals surface area contributed by atoms with Crippen LogP contribution in [0.4, 0.5) is 4.39 Å². The van der Waals surface area contributed by atoms with E-state index in [9.17, 15) is 12.8 Å². The van der Waals surface area contributed by atoms with Gasteiger partial charge in [-0.05, 0) is 37.5 Å². The van der Waals surface area contributed by atoms with E-state index in [1.807, 2.05) is 6.92 Å². The van der Waals surface area contributed by atoms with Crippen molar-refractivity contribution in [3.8, 4) is 0 Å². The zero-order valence-electron chi connectivity index (χ0n) is 10.9. The molecule has 0 amide bonds. The van der Waals surface area contributed by atoms with Crippen LogP contribution >= 0.6 is 0 Å². The maximum atomic E-state index is 13.3. The van der Waals surface area contributed by atoms with E-state index in [2.05, 4.69) is 4.72 Å². The lowest BCUT2D eigenvalue weighted by atomic mass is 10.0. The average molecular weight is 286 g/mol. The summed E-state index contributed by atoms with van der Waals surface area (Å²) in [4.78, 5) is -0.0527. The first kappa shape index (κ1) is 14.4. The molecule has 1 aliphatic carbocycles. The van der Waals surface area contributed by atoms with Crippen molar-refractivity contribution in [1.82, 2.24) is 4.72 Å². The average Bonchev–Trinajstić information content (AvgIpc) is 2.74. The molecule has 1 aromatic rings. The van der Waals surface area contributed by atoms with E-state index >= 15 is 0 Å². The molecule has 0 aromatic heterocycles. The van der Waals surface area contributed by atoms with Gasteiger partial charge >= 0.3 is 0 Å².